The summed E-state index contributed by atoms with van der Waals surface area (Å²) < 4.78 is 0. The number of amidine groups is 1. The van der Waals surface area contributed by atoms with Crippen molar-refractivity contribution >= 4 is 12.1 Å². The molecule has 0 aromatic heterocycles. The van der Waals surface area contributed by atoms with Gasteiger partial charge in [-0.25, -0.2) is 4.99 Å². The molecule has 2 nitrogen and oxygen atoms in total. The highest BCUT2D eigenvalue weighted by atomic mass is 14.8. The van der Waals surface area contributed by atoms with E-state index < -0.39 is 0 Å². The Labute approximate surface area is 66.1 Å². The Morgan fingerprint density at radius 2 is 2.00 bits per heavy atom. The number of hydrogen-bond acceptors (Lipinski definition) is 1. The SMILES string of the molecule is C/C=N/C(=N)c1ccccc1. The van der Waals surface area contributed by atoms with Crippen LogP contribution in [0.25, 0.3) is 0 Å². The summed E-state index contributed by atoms with van der Waals surface area (Å²) in [6, 6.07) is 9.46. The van der Waals surface area contributed by atoms with Crippen LogP contribution in [0.4, 0.5) is 0 Å². The number of rotatable bonds is 1. The van der Waals surface area contributed by atoms with E-state index in [1.807, 2.05) is 30.3 Å². The van der Waals surface area contributed by atoms with Crippen molar-refractivity contribution in [2.75, 3.05) is 0 Å². The normalized spacial score (nSPS) is 10.3. The average molecular weight is 146 g/mol. The molecule has 0 radical (unpaired) electrons. The van der Waals surface area contributed by atoms with E-state index in [0.717, 1.165) is 5.56 Å². The van der Waals surface area contributed by atoms with Gasteiger partial charge in [-0.2, -0.15) is 0 Å². The van der Waals surface area contributed by atoms with Gasteiger partial charge in [-0.3, -0.25) is 5.41 Å². The third kappa shape index (κ3) is 2.00. The summed E-state index contributed by atoms with van der Waals surface area (Å²) in [5.74, 6) is 0.313. The Balaban J connectivity index is 2.86. The first kappa shape index (κ1) is 7.66. The highest BCUT2D eigenvalue weighted by Gasteiger charge is 1.93. The zero-order chi connectivity index (χ0) is 8.10. The molecule has 0 spiro atoms. The largest absolute Gasteiger partial charge is 0.282 e. The van der Waals surface area contributed by atoms with Crippen LogP contribution in [0.3, 0.4) is 0 Å². The summed E-state index contributed by atoms with van der Waals surface area (Å²) in [6.07, 6.45) is 1.62. The van der Waals surface area contributed by atoms with Crippen LogP contribution in [-0.4, -0.2) is 12.1 Å². The molecular weight excluding hydrogens is 136 g/mol. The Hall–Kier alpha value is -1.44. The van der Waals surface area contributed by atoms with E-state index in [1.54, 1.807) is 13.1 Å². The molecule has 2 heteroatoms. The van der Waals surface area contributed by atoms with Crippen molar-refractivity contribution in [3.8, 4) is 0 Å². The van der Waals surface area contributed by atoms with Gasteiger partial charge in [0.15, 0.2) is 5.84 Å². The van der Waals surface area contributed by atoms with E-state index in [2.05, 4.69) is 4.99 Å². The average Bonchev–Trinajstić information content (AvgIpc) is 2.07. The quantitative estimate of drug-likeness (QED) is 0.465. The van der Waals surface area contributed by atoms with Crippen LogP contribution < -0.4 is 0 Å². The molecule has 0 aliphatic heterocycles. The van der Waals surface area contributed by atoms with Crippen molar-refractivity contribution in [1.29, 1.82) is 5.41 Å². The molecular formula is C9H10N2. The van der Waals surface area contributed by atoms with Crippen LogP contribution in [0.15, 0.2) is 35.3 Å². The van der Waals surface area contributed by atoms with E-state index in [4.69, 9.17) is 5.41 Å². The zero-order valence-corrected chi connectivity index (χ0v) is 6.41. The molecule has 0 aliphatic rings. The number of nitrogens with one attached hydrogen (secondary N) is 1. The van der Waals surface area contributed by atoms with Crippen molar-refractivity contribution in [1.82, 2.24) is 0 Å². The lowest BCUT2D eigenvalue weighted by atomic mass is 10.2. The third-order valence-corrected chi connectivity index (χ3v) is 1.31. The third-order valence-electron chi connectivity index (χ3n) is 1.31. The lowest BCUT2D eigenvalue weighted by Gasteiger charge is -1.94. The van der Waals surface area contributed by atoms with E-state index in [9.17, 15) is 0 Å². The first-order chi connectivity index (χ1) is 5.34. The van der Waals surface area contributed by atoms with E-state index >= 15 is 0 Å². The molecule has 11 heavy (non-hydrogen) atoms. The highest BCUT2D eigenvalue weighted by molar-refractivity contribution is 6.00. The number of benzene rings is 1. The minimum absolute atomic E-state index is 0.313. The summed E-state index contributed by atoms with van der Waals surface area (Å²) in [4.78, 5) is 3.85. The lowest BCUT2D eigenvalue weighted by Crippen LogP contribution is -1.93. The van der Waals surface area contributed by atoms with Crippen LogP contribution in [0.1, 0.15) is 12.5 Å². The summed E-state index contributed by atoms with van der Waals surface area (Å²) in [5.41, 5.74) is 0.852. The predicted octanol–water partition coefficient (Wildman–Crippen LogP) is 2.10. The van der Waals surface area contributed by atoms with Gasteiger partial charge in [0.2, 0.25) is 0 Å². The highest BCUT2D eigenvalue weighted by Crippen LogP contribution is 1.99. The standard InChI is InChI=1S/C9H10N2/c1-2-11-9(10)8-6-4-3-5-7-8/h2-7,10H,1H3/b10-9?,11-2+. The summed E-state index contributed by atoms with van der Waals surface area (Å²) in [7, 11) is 0. The molecule has 0 atom stereocenters. The number of nitrogens with zero attached hydrogens (tertiary/aromatic N) is 1. The fraction of sp³-hybridized carbons (Fsp3) is 0.111. The summed E-state index contributed by atoms with van der Waals surface area (Å²) in [6.45, 7) is 1.80. The Morgan fingerprint density at radius 1 is 1.36 bits per heavy atom. The first-order valence-electron chi connectivity index (χ1n) is 3.47. The van der Waals surface area contributed by atoms with Gasteiger partial charge >= 0.3 is 0 Å². The van der Waals surface area contributed by atoms with Crippen molar-refractivity contribution in [2.24, 2.45) is 4.99 Å². The Bertz CT molecular complexity index is 262. The van der Waals surface area contributed by atoms with Gasteiger partial charge in [-0.1, -0.05) is 30.3 Å². The minimum atomic E-state index is 0.313. The molecule has 0 fully saturated rings. The Morgan fingerprint density at radius 3 is 2.55 bits per heavy atom. The molecule has 0 aliphatic carbocycles. The molecule has 0 saturated heterocycles. The fourth-order valence-corrected chi connectivity index (χ4v) is 0.800. The maximum atomic E-state index is 7.43. The van der Waals surface area contributed by atoms with Gasteiger partial charge in [-0.05, 0) is 6.92 Å². The fourth-order valence-electron chi connectivity index (χ4n) is 0.800. The minimum Gasteiger partial charge on any atom is -0.282 e. The maximum Gasteiger partial charge on any atom is 0.151 e. The molecule has 56 valence electrons. The monoisotopic (exact) mass is 146 g/mol. The molecule has 0 amide bonds. The topological polar surface area (TPSA) is 36.2 Å². The Kier molecular flexibility index (Phi) is 2.55. The van der Waals surface area contributed by atoms with Crippen molar-refractivity contribution < 1.29 is 0 Å². The van der Waals surface area contributed by atoms with Gasteiger partial charge in [0.25, 0.3) is 0 Å². The van der Waals surface area contributed by atoms with Gasteiger partial charge in [-0.15, -0.1) is 0 Å². The van der Waals surface area contributed by atoms with Gasteiger partial charge in [0.05, 0.1) is 0 Å². The molecule has 1 rings (SSSR count). The van der Waals surface area contributed by atoms with E-state index in [0.29, 0.717) is 5.84 Å². The molecule has 1 aromatic rings. The van der Waals surface area contributed by atoms with Crippen LogP contribution >= 0.6 is 0 Å². The molecule has 0 unspecified atom stereocenters. The number of aliphatic imine (C=N–C) groups is 1. The summed E-state index contributed by atoms with van der Waals surface area (Å²) in [5, 5.41) is 7.43. The lowest BCUT2D eigenvalue weighted by molar-refractivity contribution is 1.42. The smallest absolute Gasteiger partial charge is 0.151 e. The summed E-state index contributed by atoms with van der Waals surface area (Å²) >= 11 is 0. The van der Waals surface area contributed by atoms with Crippen molar-refractivity contribution in [3.63, 3.8) is 0 Å². The van der Waals surface area contributed by atoms with E-state index in [1.165, 1.54) is 0 Å². The van der Waals surface area contributed by atoms with Crippen LogP contribution in [0.2, 0.25) is 0 Å². The first-order valence-corrected chi connectivity index (χ1v) is 3.47. The van der Waals surface area contributed by atoms with Crippen LogP contribution in [0.5, 0.6) is 0 Å². The van der Waals surface area contributed by atoms with Crippen molar-refractivity contribution in [2.45, 2.75) is 6.92 Å². The van der Waals surface area contributed by atoms with Crippen molar-refractivity contribution in [3.05, 3.63) is 35.9 Å². The van der Waals surface area contributed by atoms with Gasteiger partial charge in [0.1, 0.15) is 0 Å². The molecule has 0 saturated carbocycles. The zero-order valence-electron chi connectivity index (χ0n) is 6.41. The van der Waals surface area contributed by atoms with Crippen LogP contribution in [-0.2, 0) is 0 Å². The molecule has 1 N–H and O–H groups in total. The molecule has 1 aromatic carbocycles. The van der Waals surface area contributed by atoms with Gasteiger partial charge in [0, 0.05) is 11.8 Å². The van der Waals surface area contributed by atoms with Gasteiger partial charge < -0.3 is 0 Å². The predicted molar refractivity (Wildman–Crippen MR) is 47.4 cm³/mol. The number of hydrogen-bond donors (Lipinski definition) is 1. The maximum absolute atomic E-state index is 7.43. The van der Waals surface area contributed by atoms with E-state index in [-0.39, 0.29) is 0 Å². The second-order valence-corrected chi connectivity index (χ2v) is 2.10. The second kappa shape index (κ2) is 3.66. The van der Waals surface area contributed by atoms with Crippen LogP contribution in [0, 0.1) is 5.41 Å². The second-order valence-electron chi connectivity index (χ2n) is 2.10. The molecule has 0 heterocycles. The molecule has 0 bridgehead atoms.